The maximum Gasteiger partial charge on any atom is 0.331 e. The highest BCUT2D eigenvalue weighted by Crippen LogP contribution is 2.52. The highest BCUT2D eigenvalue weighted by Gasteiger charge is 2.66. The number of rotatable bonds is 9. The second-order valence-corrected chi connectivity index (χ2v) is 8.77. The smallest absolute Gasteiger partial charge is 0.331 e. The summed E-state index contributed by atoms with van der Waals surface area (Å²) in [5.74, 6) is -2.53. The van der Waals surface area contributed by atoms with E-state index in [1.807, 2.05) is 70.6 Å². The molecule has 0 saturated carbocycles. The Hall–Kier alpha value is -3.75. The minimum Gasteiger partial charge on any atom is -0.469 e. The van der Waals surface area contributed by atoms with Crippen LogP contribution < -0.4 is 0 Å². The van der Waals surface area contributed by atoms with Gasteiger partial charge in [0.05, 0.1) is 26.3 Å². The summed E-state index contributed by atoms with van der Waals surface area (Å²) in [6.45, 7) is 8.60. The zero-order chi connectivity index (χ0) is 25.8. The van der Waals surface area contributed by atoms with E-state index in [0.29, 0.717) is 13.1 Å². The van der Waals surface area contributed by atoms with E-state index in [2.05, 4.69) is 13.2 Å². The van der Waals surface area contributed by atoms with Crippen molar-refractivity contribution in [2.75, 3.05) is 27.3 Å². The van der Waals surface area contributed by atoms with E-state index >= 15 is 0 Å². The van der Waals surface area contributed by atoms with Crippen molar-refractivity contribution in [3.05, 3.63) is 97.1 Å². The Bertz CT molecular complexity index is 1110. The average molecular weight is 490 g/mol. The molecule has 4 rings (SSSR count). The van der Waals surface area contributed by atoms with Crippen LogP contribution in [-0.2, 0) is 23.9 Å². The second kappa shape index (κ2) is 10.9. The average Bonchev–Trinajstić information content (AvgIpc) is 3.41. The lowest BCUT2D eigenvalue weighted by Gasteiger charge is -2.35. The van der Waals surface area contributed by atoms with E-state index in [-0.39, 0.29) is 5.91 Å². The maximum absolute atomic E-state index is 14.2. The summed E-state index contributed by atoms with van der Waals surface area (Å²) < 4.78 is 10.3. The predicted molar refractivity (Wildman–Crippen MR) is 134 cm³/mol. The van der Waals surface area contributed by atoms with Gasteiger partial charge in [0.25, 0.3) is 5.91 Å². The first kappa shape index (κ1) is 25.3. The number of amides is 1. The summed E-state index contributed by atoms with van der Waals surface area (Å²) in [5, 5.41) is 3.30. The van der Waals surface area contributed by atoms with Crippen molar-refractivity contribution >= 4 is 17.8 Å². The van der Waals surface area contributed by atoms with Gasteiger partial charge in [-0.2, -0.15) is 5.01 Å². The second-order valence-electron chi connectivity index (χ2n) is 8.77. The highest BCUT2D eigenvalue weighted by molar-refractivity contribution is 5.94. The lowest BCUT2D eigenvalue weighted by atomic mass is 9.86. The van der Waals surface area contributed by atoms with Gasteiger partial charge in [-0.05, 0) is 11.1 Å². The zero-order valence-electron chi connectivity index (χ0n) is 20.5. The molecule has 2 aromatic carbocycles. The first-order valence-corrected chi connectivity index (χ1v) is 11.8. The normalized spacial score (nSPS) is 25.5. The number of ether oxygens (including phenoxy) is 2. The summed E-state index contributed by atoms with van der Waals surface area (Å²) in [7, 11) is 2.54. The molecule has 5 atom stereocenters. The van der Waals surface area contributed by atoms with Crippen molar-refractivity contribution in [3.8, 4) is 0 Å². The van der Waals surface area contributed by atoms with Crippen LogP contribution in [-0.4, -0.2) is 72.2 Å². The molecule has 2 saturated heterocycles. The summed E-state index contributed by atoms with van der Waals surface area (Å²) in [4.78, 5) is 42.6. The number of nitrogens with zero attached hydrogens (tertiary/aromatic N) is 3. The van der Waals surface area contributed by atoms with E-state index < -0.39 is 42.0 Å². The first-order chi connectivity index (χ1) is 17.5. The molecule has 2 aliphatic rings. The van der Waals surface area contributed by atoms with Crippen LogP contribution in [0.4, 0.5) is 0 Å². The molecule has 2 aliphatic heterocycles. The van der Waals surface area contributed by atoms with Crippen molar-refractivity contribution in [2.45, 2.75) is 24.2 Å². The molecule has 0 N–H and O–H groups in total. The maximum atomic E-state index is 14.2. The van der Waals surface area contributed by atoms with Crippen LogP contribution in [0.1, 0.15) is 23.2 Å². The Morgan fingerprint density at radius 3 is 1.83 bits per heavy atom. The molecular formula is C28H31N3O5. The Kier molecular flexibility index (Phi) is 7.67. The number of carbonyl (C=O) groups excluding carboxylic acids is 3. The van der Waals surface area contributed by atoms with Crippen molar-refractivity contribution in [1.82, 2.24) is 14.9 Å². The Morgan fingerprint density at radius 2 is 1.36 bits per heavy atom. The number of methoxy groups -OCH3 is 2. The minimum atomic E-state index is -1.18. The quantitative estimate of drug-likeness (QED) is 0.396. The van der Waals surface area contributed by atoms with E-state index in [0.717, 1.165) is 11.1 Å². The zero-order valence-corrected chi connectivity index (χ0v) is 20.5. The van der Waals surface area contributed by atoms with Crippen LogP contribution in [0.25, 0.3) is 0 Å². The van der Waals surface area contributed by atoms with Crippen molar-refractivity contribution < 1.29 is 23.9 Å². The van der Waals surface area contributed by atoms with Crippen molar-refractivity contribution in [1.29, 1.82) is 0 Å². The molecule has 2 fully saturated rings. The van der Waals surface area contributed by atoms with E-state index in [9.17, 15) is 14.4 Å². The van der Waals surface area contributed by atoms with Gasteiger partial charge < -0.3 is 9.47 Å². The number of esters is 2. The third-order valence-corrected chi connectivity index (χ3v) is 6.86. The van der Waals surface area contributed by atoms with Crippen LogP contribution in [0.3, 0.4) is 0 Å². The number of carbonyl (C=O) groups is 3. The Labute approximate surface area is 211 Å². The van der Waals surface area contributed by atoms with Crippen molar-refractivity contribution in [3.63, 3.8) is 0 Å². The number of benzene rings is 2. The van der Waals surface area contributed by atoms with Gasteiger partial charge in [0, 0.05) is 13.1 Å². The van der Waals surface area contributed by atoms with E-state index in [4.69, 9.17) is 9.47 Å². The molecule has 0 aliphatic carbocycles. The lowest BCUT2D eigenvalue weighted by Crippen LogP contribution is -2.50. The SMILES string of the molecule is C=CCN(CC=C)[C@@H]1C(=O)N2[C@@H](C(=O)OC)[C@@H](C(=O)OC)[C@@H](c3ccccc3)N2[C@H]1c1ccccc1. The van der Waals surface area contributed by atoms with Gasteiger partial charge in [0.1, 0.15) is 12.0 Å². The molecule has 8 nitrogen and oxygen atoms in total. The van der Waals surface area contributed by atoms with Gasteiger partial charge in [-0.15, -0.1) is 13.2 Å². The van der Waals surface area contributed by atoms with Gasteiger partial charge in [-0.25, -0.2) is 4.79 Å². The number of hydrogen-bond acceptors (Lipinski definition) is 7. The molecule has 0 aromatic heterocycles. The number of fused-ring (bicyclic) bond motifs is 1. The van der Waals surface area contributed by atoms with Crippen molar-refractivity contribution in [2.24, 2.45) is 5.92 Å². The molecular weight excluding hydrogens is 458 g/mol. The van der Waals surface area contributed by atoms with E-state index in [1.54, 1.807) is 12.2 Å². The standard InChI is InChI=1S/C28H31N3O5/c1-5-17-29(18-6-2)25-23(20-15-11-8-12-16-20)30-22(19-13-9-7-10-14-19)21(27(33)35-3)24(28(34)36-4)31(30)26(25)32/h5-16,21-25H,1-2,17-18H2,3-4H3/t21-,22+,23-,24+,25-/m0/s1. The Balaban J connectivity index is 1.98. The van der Waals surface area contributed by atoms with E-state index in [1.165, 1.54) is 19.2 Å². The largest absolute Gasteiger partial charge is 0.469 e. The molecule has 0 bridgehead atoms. The van der Waals surface area contributed by atoms with Gasteiger partial charge in [0.2, 0.25) is 0 Å². The van der Waals surface area contributed by atoms with Crippen LogP contribution in [0.2, 0.25) is 0 Å². The molecule has 1 amide bonds. The molecule has 0 unspecified atom stereocenters. The third kappa shape index (κ3) is 4.23. The predicted octanol–water partition coefficient (Wildman–Crippen LogP) is 2.92. The number of hydrazine groups is 1. The van der Waals surface area contributed by atoms with Gasteiger partial charge in [0.15, 0.2) is 6.04 Å². The molecule has 2 aromatic rings. The summed E-state index contributed by atoms with van der Waals surface area (Å²) in [5.41, 5.74) is 1.67. The summed E-state index contributed by atoms with van der Waals surface area (Å²) in [6, 6.07) is 16.1. The fourth-order valence-corrected chi connectivity index (χ4v) is 5.49. The molecule has 2 heterocycles. The monoisotopic (exact) mass is 489 g/mol. The summed E-state index contributed by atoms with van der Waals surface area (Å²) >= 11 is 0. The van der Waals surface area contributed by atoms with Crippen LogP contribution in [0.15, 0.2) is 86.0 Å². The highest BCUT2D eigenvalue weighted by atomic mass is 16.5. The van der Waals surface area contributed by atoms with Gasteiger partial charge >= 0.3 is 11.9 Å². The Morgan fingerprint density at radius 1 is 0.861 bits per heavy atom. The van der Waals surface area contributed by atoms with Crippen LogP contribution >= 0.6 is 0 Å². The van der Waals surface area contributed by atoms with Gasteiger partial charge in [-0.3, -0.25) is 19.5 Å². The fraction of sp³-hybridized carbons (Fsp3) is 0.321. The molecule has 36 heavy (non-hydrogen) atoms. The van der Waals surface area contributed by atoms with Gasteiger partial charge in [-0.1, -0.05) is 72.8 Å². The van der Waals surface area contributed by atoms with Crippen LogP contribution in [0, 0.1) is 5.92 Å². The molecule has 188 valence electrons. The molecule has 0 spiro atoms. The topological polar surface area (TPSA) is 79.4 Å². The fourth-order valence-electron chi connectivity index (χ4n) is 5.49. The third-order valence-electron chi connectivity index (χ3n) is 6.86. The lowest BCUT2D eigenvalue weighted by molar-refractivity contribution is -0.161. The molecule has 8 heteroatoms. The first-order valence-electron chi connectivity index (χ1n) is 11.8. The molecule has 0 radical (unpaired) electrons. The van der Waals surface area contributed by atoms with Crippen LogP contribution in [0.5, 0.6) is 0 Å². The number of hydrogen-bond donors (Lipinski definition) is 0. The summed E-state index contributed by atoms with van der Waals surface area (Å²) in [6.07, 6.45) is 3.47. The minimum absolute atomic E-state index is 0.296.